The highest BCUT2D eigenvalue weighted by molar-refractivity contribution is 7.09. The highest BCUT2D eigenvalue weighted by Gasteiger charge is 2.33. The molecule has 1 aromatic heterocycles. The molecule has 9 heteroatoms. The minimum Gasteiger partial charge on any atom is -0.508 e. The summed E-state index contributed by atoms with van der Waals surface area (Å²) in [4.78, 5) is 8.20. The number of aryl methyl sites for hydroxylation is 1. The molecule has 0 unspecified atom stereocenters. The first-order chi connectivity index (χ1) is 13.9. The number of benzene rings is 1. The molecule has 158 valence electrons. The van der Waals surface area contributed by atoms with E-state index < -0.39 is 11.9 Å². The SMILES string of the molecule is CCNC(=NCc1c(O)ccc2c1CCCC2)NCCc1nc(C(F)(F)F)cs1. The van der Waals surface area contributed by atoms with Crippen molar-refractivity contribution in [3.63, 3.8) is 0 Å². The molecule has 1 aliphatic carbocycles. The lowest BCUT2D eigenvalue weighted by molar-refractivity contribution is -0.140. The molecule has 1 heterocycles. The van der Waals surface area contributed by atoms with Crippen LogP contribution < -0.4 is 10.6 Å². The summed E-state index contributed by atoms with van der Waals surface area (Å²) in [6, 6.07) is 3.72. The van der Waals surface area contributed by atoms with Crippen molar-refractivity contribution in [3.05, 3.63) is 44.9 Å². The average molecular weight is 427 g/mol. The summed E-state index contributed by atoms with van der Waals surface area (Å²) in [5, 5.41) is 18.0. The fourth-order valence-electron chi connectivity index (χ4n) is 3.41. The lowest BCUT2D eigenvalue weighted by Gasteiger charge is -2.20. The number of nitrogens with zero attached hydrogens (tertiary/aromatic N) is 2. The maximum atomic E-state index is 12.6. The molecule has 1 aliphatic rings. The van der Waals surface area contributed by atoms with E-state index in [2.05, 4.69) is 20.6 Å². The van der Waals surface area contributed by atoms with E-state index in [1.165, 1.54) is 11.1 Å². The standard InChI is InChI=1S/C20H25F3N4OS/c1-2-24-19(25-10-9-18-27-17(12-29-18)20(21,22)23)26-11-15-14-6-4-3-5-13(14)7-8-16(15)28/h7-8,12,28H,2-6,9-11H2,1H3,(H2,24,25,26). The third-order valence-corrected chi connectivity index (χ3v) is 5.75. The molecule has 29 heavy (non-hydrogen) atoms. The number of fused-ring (bicyclic) bond motifs is 1. The fourth-order valence-corrected chi connectivity index (χ4v) is 4.22. The Morgan fingerprint density at radius 3 is 2.76 bits per heavy atom. The maximum absolute atomic E-state index is 12.6. The predicted octanol–water partition coefficient (Wildman–Crippen LogP) is 4.04. The maximum Gasteiger partial charge on any atom is 0.434 e. The predicted molar refractivity (Wildman–Crippen MR) is 108 cm³/mol. The largest absolute Gasteiger partial charge is 0.508 e. The molecule has 0 saturated heterocycles. The number of rotatable bonds is 6. The molecule has 3 N–H and O–H groups in total. The number of phenols is 1. The zero-order chi connectivity index (χ0) is 20.9. The van der Waals surface area contributed by atoms with Crippen LogP contribution >= 0.6 is 11.3 Å². The van der Waals surface area contributed by atoms with Crippen molar-refractivity contribution in [2.45, 2.75) is 51.7 Å². The molecule has 5 nitrogen and oxygen atoms in total. The fraction of sp³-hybridized carbons (Fsp3) is 0.500. The van der Waals surface area contributed by atoms with Gasteiger partial charge in [-0.15, -0.1) is 11.3 Å². The Bertz CT molecular complexity index is 864. The van der Waals surface area contributed by atoms with Gasteiger partial charge in [0.25, 0.3) is 0 Å². The van der Waals surface area contributed by atoms with E-state index in [9.17, 15) is 18.3 Å². The zero-order valence-corrected chi connectivity index (χ0v) is 17.1. The van der Waals surface area contributed by atoms with Crippen molar-refractivity contribution in [3.8, 4) is 5.75 Å². The first kappa shape index (κ1) is 21.4. The number of alkyl halides is 3. The van der Waals surface area contributed by atoms with Crippen LogP contribution in [0.15, 0.2) is 22.5 Å². The average Bonchev–Trinajstić information content (AvgIpc) is 3.16. The van der Waals surface area contributed by atoms with E-state index in [-0.39, 0.29) is 5.75 Å². The van der Waals surface area contributed by atoms with Crippen molar-refractivity contribution >= 4 is 17.3 Å². The summed E-state index contributed by atoms with van der Waals surface area (Å²) < 4.78 is 37.9. The number of nitrogens with one attached hydrogen (secondary N) is 2. The van der Waals surface area contributed by atoms with Gasteiger partial charge in [-0.2, -0.15) is 13.2 Å². The lowest BCUT2D eigenvalue weighted by Crippen LogP contribution is -2.38. The molecule has 0 amide bonds. The Hall–Kier alpha value is -2.29. The first-order valence-electron chi connectivity index (χ1n) is 9.75. The molecule has 0 radical (unpaired) electrons. The first-order valence-corrected chi connectivity index (χ1v) is 10.6. The Balaban J connectivity index is 1.63. The molecule has 2 aromatic rings. The van der Waals surface area contributed by atoms with Gasteiger partial charge in [0.1, 0.15) is 5.75 Å². The van der Waals surface area contributed by atoms with E-state index in [0.717, 1.165) is 48.0 Å². The quantitative estimate of drug-likeness (QED) is 0.482. The van der Waals surface area contributed by atoms with Crippen LogP contribution in [-0.4, -0.2) is 29.1 Å². The molecule has 0 aliphatic heterocycles. The van der Waals surface area contributed by atoms with Crippen molar-refractivity contribution in [2.75, 3.05) is 13.1 Å². The Kier molecular flexibility index (Phi) is 7.00. The van der Waals surface area contributed by atoms with Gasteiger partial charge in [0.2, 0.25) is 0 Å². The van der Waals surface area contributed by atoms with Crippen molar-refractivity contribution in [2.24, 2.45) is 4.99 Å². The van der Waals surface area contributed by atoms with Gasteiger partial charge >= 0.3 is 6.18 Å². The van der Waals surface area contributed by atoms with Crippen LogP contribution in [0.25, 0.3) is 0 Å². The van der Waals surface area contributed by atoms with Gasteiger partial charge in [-0.1, -0.05) is 6.07 Å². The summed E-state index contributed by atoms with van der Waals surface area (Å²) in [6.07, 6.45) is 0.214. The number of thiazole rings is 1. The summed E-state index contributed by atoms with van der Waals surface area (Å²) in [5.41, 5.74) is 2.48. The third-order valence-electron chi connectivity index (χ3n) is 4.84. The van der Waals surface area contributed by atoms with Crippen LogP contribution in [0.4, 0.5) is 13.2 Å². The minimum atomic E-state index is -4.41. The summed E-state index contributed by atoms with van der Waals surface area (Å²) >= 11 is 1.00. The van der Waals surface area contributed by atoms with Gasteiger partial charge in [-0.3, -0.25) is 0 Å². The third kappa shape index (κ3) is 5.62. The normalized spacial score (nSPS) is 14.6. The van der Waals surface area contributed by atoms with E-state index >= 15 is 0 Å². The minimum absolute atomic E-state index is 0.257. The summed E-state index contributed by atoms with van der Waals surface area (Å²) in [6.45, 7) is 3.35. The van der Waals surface area contributed by atoms with Gasteiger partial charge in [0.05, 0.1) is 11.6 Å². The van der Waals surface area contributed by atoms with Crippen LogP contribution in [0.3, 0.4) is 0 Å². The Labute approximate surface area is 172 Å². The van der Waals surface area contributed by atoms with Gasteiger partial charge in [0, 0.05) is 30.5 Å². The molecular formula is C20H25F3N4OS. The zero-order valence-electron chi connectivity index (χ0n) is 16.3. The van der Waals surface area contributed by atoms with Gasteiger partial charge in [-0.05, 0) is 49.8 Å². The molecule has 0 saturated carbocycles. The monoisotopic (exact) mass is 426 g/mol. The van der Waals surface area contributed by atoms with E-state index in [4.69, 9.17) is 0 Å². The number of guanidine groups is 1. The summed E-state index contributed by atoms with van der Waals surface area (Å²) in [5.74, 6) is 0.820. The van der Waals surface area contributed by atoms with Crippen LogP contribution in [0, 0.1) is 0 Å². The number of hydrogen-bond acceptors (Lipinski definition) is 4. The van der Waals surface area contributed by atoms with E-state index in [0.29, 0.717) is 37.0 Å². The number of aliphatic imine (C=N–C) groups is 1. The van der Waals surface area contributed by atoms with E-state index in [1.807, 2.05) is 13.0 Å². The second-order valence-corrected chi connectivity index (χ2v) is 7.85. The lowest BCUT2D eigenvalue weighted by atomic mass is 9.88. The Morgan fingerprint density at radius 2 is 2.03 bits per heavy atom. The molecule has 0 atom stereocenters. The smallest absolute Gasteiger partial charge is 0.434 e. The van der Waals surface area contributed by atoms with Crippen LogP contribution in [0.5, 0.6) is 5.75 Å². The number of hydrogen-bond donors (Lipinski definition) is 3. The number of phenolic OH excluding ortho intramolecular Hbond substituents is 1. The Morgan fingerprint density at radius 1 is 1.24 bits per heavy atom. The van der Waals surface area contributed by atoms with Crippen molar-refractivity contribution < 1.29 is 18.3 Å². The van der Waals surface area contributed by atoms with Crippen LogP contribution in [0.2, 0.25) is 0 Å². The molecular weight excluding hydrogens is 401 g/mol. The van der Waals surface area contributed by atoms with E-state index in [1.54, 1.807) is 6.07 Å². The van der Waals surface area contributed by atoms with Gasteiger partial charge < -0.3 is 15.7 Å². The topological polar surface area (TPSA) is 69.5 Å². The molecule has 0 fully saturated rings. The highest BCUT2D eigenvalue weighted by Crippen LogP contribution is 2.31. The van der Waals surface area contributed by atoms with Gasteiger partial charge in [-0.25, -0.2) is 9.98 Å². The van der Waals surface area contributed by atoms with Crippen LogP contribution in [-0.2, 0) is 32.0 Å². The molecule has 0 bridgehead atoms. The highest BCUT2D eigenvalue weighted by atomic mass is 32.1. The number of aromatic hydroxyl groups is 1. The molecule has 3 rings (SSSR count). The second kappa shape index (κ2) is 9.47. The van der Waals surface area contributed by atoms with Crippen LogP contribution in [0.1, 0.15) is 47.2 Å². The van der Waals surface area contributed by atoms with Crippen molar-refractivity contribution in [1.29, 1.82) is 0 Å². The van der Waals surface area contributed by atoms with Gasteiger partial charge in [0.15, 0.2) is 11.7 Å². The number of halogens is 3. The number of aromatic nitrogens is 1. The molecule has 0 spiro atoms. The second-order valence-electron chi connectivity index (χ2n) is 6.90. The molecule has 1 aromatic carbocycles. The summed E-state index contributed by atoms with van der Waals surface area (Å²) in [7, 11) is 0. The van der Waals surface area contributed by atoms with Crippen molar-refractivity contribution in [1.82, 2.24) is 15.6 Å².